The quantitative estimate of drug-likeness (QED) is 0.827. The number of hydrogen-bond acceptors (Lipinski definition) is 7. The molecular weight excluding hydrogens is 376 g/mol. The van der Waals surface area contributed by atoms with Gasteiger partial charge in [-0.05, 0) is 23.3 Å². The molecule has 3 heterocycles. The van der Waals surface area contributed by atoms with Gasteiger partial charge in [-0.25, -0.2) is 19.6 Å². The van der Waals surface area contributed by atoms with Crippen molar-refractivity contribution in [1.29, 1.82) is 0 Å². The van der Waals surface area contributed by atoms with Crippen LogP contribution in [0.4, 0.5) is 4.79 Å². The maximum absolute atomic E-state index is 12.3. The summed E-state index contributed by atoms with van der Waals surface area (Å²) < 4.78 is 10.3. The van der Waals surface area contributed by atoms with Gasteiger partial charge in [0.1, 0.15) is 6.26 Å². The number of ether oxygens (including phenoxy) is 1. The molecule has 0 atom stereocenters. The summed E-state index contributed by atoms with van der Waals surface area (Å²) in [6.45, 7) is 2.28. The molecule has 9 nitrogen and oxygen atoms in total. The first kappa shape index (κ1) is 18.7. The third kappa shape index (κ3) is 4.45. The number of carbonyl (C=O) groups excluding carboxylic acids is 1. The van der Waals surface area contributed by atoms with Gasteiger partial charge in [0.2, 0.25) is 5.89 Å². The lowest BCUT2D eigenvalue weighted by Gasteiger charge is -2.34. The van der Waals surface area contributed by atoms with Crippen LogP contribution >= 0.6 is 0 Å². The Morgan fingerprint density at radius 1 is 1.21 bits per heavy atom. The van der Waals surface area contributed by atoms with E-state index in [2.05, 4.69) is 9.98 Å². The number of carboxylic acids is 1. The van der Waals surface area contributed by atoms with Crippen LogP contribution < -0.4 is 0 Å². The number of aromatic nitrogens is 1. The van der Waals surface area contributed by atoms with E-state index in [1.807, 2.05) is 4.90 Å². The number of benzene rings is 1. The van der Waals surface area contributed by atoms with Crippen molar-refractivity contribution in [2.24, 2.45) is 4.99 Å². The Bertz CT molecular complexity index is 950. The lowest BCUT2D eigenvalue weighted by atomic mass is 10.0. The van der Waals surface area contributed by atoms with E-state index in [1.54, 1.807) is 35.5 Å². The van der Waals surface area contributed by atoms with Crippen LogP contribution in [-0.4, -0.2) is 57.9 Å². The van der Waals surface area contributed by atoms with Crippen molar-refractivity contribution in [3.8, 4) is 0 Å². The third-order valence-corrected chi connectivity index (χ3v) is 4.83. The predicted molar refractivity (Wildman–Crippen MR) is 102 cm³/mol. The normalized spacial score (nSPS) is 16.0. The first-order valence-corrected chi connectivity index (χ1v) is 9.20. The molecule has 0 saturated carbocycles. The number of hydrogen-bond donors (Lipinski definition) is 1. The summed E-state index contributed by atoms with van der Waals surface area (Å²) in [5, 5.41) is 9.00. The van der Waals surface area contributed by atoms with Gasteiger partial charge in [-0.3, -0.25) is 0 Å². The zero-order valence-electron chi connectivity index (χ0n) is 15.7. The highest BCUT2D eigenvalue weighted by Crippen LogP contribution is 2.24. The second-order valence-corrected chi connectivity index (χ2v) is 6.85. The molecule has 1 amide bonds. The Labute approximate surface area is 166 Å². The monoisotopic (exact) mass is 396 g/mol. The maximum atomic E-state index is 12.3. The molecule has 2 aliphatic heterocycles. The number of carboxylic acid groups (broad SMARTS) is 1. The van der Waals surface area contributed by atoms with E-state index >= 15 is 0 Å². The summed E-state index contributed by atoms with van der Waals surface area (Å²) >= 11 is 0. The van der Waals surface area contributed by atoms with E-state index < -0.39 is 12.1 Å². The number of aromatic carboxylic acids is 1. The van der Waals surface area contributed by atoms with Crippen molar-refractivity contribution in [3.05, 3.63) is 65.0 Å². The summed E-state index contributed by atoms with van der Waals surface area (Å²) in [6.07, 6.45) is 5.03. The lowest BCUT2D eigenvalue weighted by molar-refractivity contribution is 0.0696. The van der Waals surface area contributed by atoms with Gasteiger partial charge in [0.15, 0.2) is 6.61 Å². The minimum absolute atomic E-state index is 0.00482. The summed E-state index contributed by atoms with van der Waals surface area (Å²) in [5.74, 6) is -0.583. The molecule has 1 N–H and O–H groups in total. The molecule has 0 fully saturated rings. The van der Waals surface area contributed by atoms with Crippen molar-refractivity contribution < 1.29 is 23.8 Å². The number of nitrogens with zero attached hydrogens (tertiary/aromatic N) is 4. The highest BCUT2D eigenvalue weighted by atomic mass is 16.6. The largest absolute Gasteiger partial charge is 0.478 e. The average Bonchev–Trinajstić information content (AvgIpc) is 3.25. The molecule has 0 saturated heterocycles. The van der Waals surface area contributed by atoms with Crippen LogP contribution in [-0.2, 0) is 17.9 Å². The zero-order valence-corrected chi connectivity index (χ0v) is 15.7. The van der Waals surface area contributed by atoms with Crippen molar-refractivity contribution in [2.75, 3.05) is 19.6 Å². The second kappa shape index (κ2) is 8.17. The standard InChI is InChI=1S/C20H20N4O5/c25-19(26)15-3-1-14(2-4-15)9-23-10-16-11-24(7-5-17(16)22-13-23)20(27)29-12-18-21-6-8-28-18/h1-4,6,8,13H,5,7,9-12H2,(H,25,26). The van der Waals surface area contributed by atoms with Crippen molar-refractivity contribution in [3.63, 3.8) is 0 Å². The molecule has 0 aliphatic carbocycles. The van der Waals surface area contributed by atoms with Gasteiger partial charge in [0.05, 0.1) is 18.1 Å². The fraction of sp³-hybridized carbons (Fsp3) is 0.300. The zero-order chi connectivity index (χ0) is 20.2. The number of amides is 1. The van der Waals surface area contributed by atoms with E-state index in [1.165, 1.54) is 12.5 Å². The molecule has 0 bridgehead atoms. The van der Waals surface area contributed by atoms with Crippen LogP contribution in [0.15, 0.2) is 57.4 Å². The molecule has 2 aliphatic rings. The number of rotatable bonds is 5. The minimum Gasteiger partial charge on any atom is -0.478 e. The number of aliphatic imine (C=N–C) groups is 1. The summed E-state index contributed by atoms with van der Waals surface area (Å²) in [7, 11) is 0. The summed E-state index contributed by atoms with van der Waals surface area (Å²) in [4.78, 5) is 35.5. The fourth-order valence-electron chi connectivity index (χ4n) is 3.33. The van der Waals surface area contributed by atoms with Crippen LogP contribution in [0.1, 0.15) is 28.2 Å². The predicted octanol–water partition coefficient (Wildman–Crippen LogP) is 2.51. The van der Waals surface area contributed by atoms with E-state index in [9.17, 15) is 9.59 Å². The first-order chi connectivity index (χ1) is 14.1. The highest BCUT2D eigenvalue weighted by molar-refractivity contribution is 5.87. The first-order valence-electron chi connectivity index (χ1n) is 9.20. The topological polar surface area (TPSA) is 108 Å². The molecule has 150 valence electrons. The third-order valence-electron chi connectivity index (χ3n) is 4.83. The molecule has 0 spiro atoms. The Balaban J connectivity index is 1.33. The molecule has 9 heteroatoms. The van der Waals surface area contributed by atoms with Gasteiger partial charge in [-0.1, -0.05) is 12.1 Å². The molecule has 29 heavy (non-hydrogen) atoms. The van der Waals surface area contributed by atoms with Crippen LogP contribution in [0, 0.1) is 0 Å². The van der Waals surface area contributed by atoms with E-state index in [4.69, 9.17) is 14.3 Å². The van der Waals surface area contributed by atoms with Crippen molar-refractivity contribution in [2.45, 2.75) is 19.6 Å². The number of carbonyl (C=O) groups is 2. The van der Waals surface area contributed by atoms with Crippen molar-refractivity contribution >= 4 is 18.4 Å². The minimum atomic E-state index is -0.942. The van der Waals surface area contributed by atoms with E-state index in [0.717, 1.165) is 16.8 Å². The Hall–Kier alpha value is -3.62. The molecule has 4 rings (SSSR count). The van der Waals surface area contributed by atoms with Crippen molar-refractivity contribution in [1.82, 2.24) is 14.8 Å². The molecule has 2 aromatic rings. The van der Waals surface area contributed by atoms with Crippen LogP contribution in [0.2, 0.25) is 0 Å². The number of oxazole rings is 1. The van der Waals surface area contributed by atoms with Crippen LogP contribution in [0.25, 0.3) is 0 Å². The van der Waals surface area contributed by atoms with E-state index in [0.29, 0.717) is 38.5 Å². The maximum Gasteiger partial charge on any atom is 0.410 e. The smallest absolute Gasteiger partial charge is 0.410 e. The van der Waals surface area contributed by atoms with Gasteiger partial charge in [-0.2, -0.15) is 0 Å². The molecule has 1 aromatic carbocycles. The van der Waals surface area contributed by atoms with Crippen LogP contribution in [0.5, 0.6) is 0 Å². The lowest BCUT2D eigenvalue weighted by Crippen LogP contribution is -2.41. The van der Waals surface area contributed by atoms with Crippen LogP contribution in [0.3, 0.4) is 0 Å². The van der Waals surface area contributed by atoms with Gasteiger partial charge >= 0.3 is 12.1 Å². The van der Waals surface area contributed by atoms with Gasteiger partial charge in [0.25, 0.3) is 0 Å². The molecule has 1 aromatic heterocycles. The molecule has 0 radical (unpaired) electrons. The average molecular weight is 396 g/mol. The summed E-state index contributed by atoms with van der Waals surface area (Å²) in [6, 6.07) is 6.79. The fourth-order valence-corrected chi connectivity index (χ4v) is 3.33. The highest BCUT2D eigenvalue weighted by Gasteiger charge is 2.26. The van der Waals surface area contributed by atoms with Gasteiger partial charge in [0, 0.05) is 38.3 Å². The Kier molecular flexibility index (Phi) is 5.28. The molecule has 0 unspecified atom stereocenters. The second-order valence-electron chi connectivity index (χ2n) is 6.85. The Morgan fingerprint density at radius 2 is 2.03 bits per heavy atom. The Morgan fingerprint density at radius 3 is 2.76 bits per heavy atom. The SMILES string of the molecule is O=C(O)c1ccc(CN2C=NC3=C(C2)CN(C(=O)OCc2ncco2)CC3)cc1. The van der Waals surface area contributed by atoms with Gasteiger partial charge in [-0.15, -0.1) is 0 Å². The molecular formula is C20H20N4O5. The van der Waals surface area contributed by atoms with E-state index in [-0.39, 0.29) is 12.2 Å². The summed E-state index contributed by atoms with van der Waals surface area (Å²) in [5.41, 5.74) is 3.34. The van der Waals surface area contributed by atoms with Gasteiger partial charge < -0.3 is 24.1 Å².